The number of amides is 1. The largest absolute Gasteiger partial charge is 0.321 e. The van der Waals surface area contributed by atoms with E-state index in [-0.39, 0.29) is 5.91 Å². The van der Waals surface area contributed by atoms with Crippen LogP contribution in [0.4, 0.5) is 5.69 Å². The number of carbonyl (C=O) groups is 1. The Morgan fingerprint density at radius 1 is 1.19 bits per heavy atom. The fourth-order valence-electron chi connectivity index (χ4n) is 2.23. The molecular formula is C17H13BrN2O. The van der Waals surface area contributed by atoms with Crippen LogP contribution in [-0.2, 0) is 0 Å². The molecule has 0 fully saturated rings. The molecule has 0 saturated heterocycles. The normalized spacial score (nSPS) is 10.6. The van der Waals surface area contributed by atoms with Crippen molar-refractivity contribution in [3.63, 3.8) is 0 Å². The minimum atomic E-state index is -0.137. The fourth-order valence-corrected chi connectivity index (χ4v) is 2.65. The highest BCUT2D eigenvalue weighted by molar-refractivity contribution is 9.10. The lowest BCUT2D eigenvalue weighted by atomic mass is 10.1. The second-order valence-electron chi connectivity index (χ2n) is 4.84. The van der Waals surface area contributed by atoms with Crippen molar-refractivity contribution in [3.8, 4) is 0 Å². The SMILES string of the molecule is Cc1ccc(Br)c(C(=O)Nc2cccc3ccncc23)c1. The molecule has 104 valence electrons. The monoisotopic (exact) mass is 340 g/mol. The van der Waals surface area contributed by atoms with E-state index in [1.807, 2.05) is 49.4 Å². The topological polar surface area (TPSA) is 42.0 Å². The maximum atomic E-state index is 12.5. The first kappa shape index (κ1) is 13.8. The van der Waals surface area contributed by atoms with Gasteiger partial charge in [0.05, 0.1) is 11.3 Å². The van der Waals surface area contributed by atoms with Gasteiger partial charge in [0.2, 0.25) is 0 Å². The van der Waals surface area contributed by atoms with Crippen LogP contribution >= 0.6 is 15.9 Å². The zero-order valence-corrected chi connectivity index (χ0v) is 13.0. The van der Waals surface area contributed by atoms with Crippen LogP contribution < -0.4 is 5.32 Å². The summed E-state index contributed by atoms with van der Waals surface area (Å²) >= 11 is 3.42. The molecule has 0 saturated carbocycles. The maximum absolute atomic E-state index is 12.5. The highest BCUT2D eigenvalue weighted by Crippen LogP contribution is 2.24. The number of aryl methyl sites for hydroxylation is 1. The molecule has 0 radical (unpaired) electrons. The molecule has 0 aliphatic carbocycles. The quantitative estimate of drug-likeness (QED) is 0.743. The molecule has 21 heavy (non-hydrogen) atoms. The van der Waals surface area contributed by atoms with Crippen LogP contribution in [0.1, 0.15) is 15.9 Å². The van der Waals surface area contributed by atoms with Crippen molar-refractivity contribution >= 4 is 38.3 Å². The minimum absolute atomic E-state index is 0.137. The van der Waals surface area contributed by atoms with Crippen LogP contribution in [0.2, 0.25) is 0 Å². The zero-order valence-electron chi connectivity index (χ0n) is 11.4. The van der Waals surface area contributed by atoms with E-state index in [9.17, 15) is 4.79 Å². The number of hydrogen-bond donors (Lipinski definition) is 1. The van der Waals surface area contributed by atoms with Crippen LogP contribution in [0.3, 0.4) is 0 Å². The standard InChI is InChI=1S/C17H13BrN2O/c1-11-5-6-15(18)13(9-11)17(21)20-16-4-2-3-12-7-8-19-10-14(12)16/h2-10H,1H3,(H,20,21). The second-order valence-corrected chi connectivity index (χ2v) is 5.69. The molecule has 1 N–H and O–H groups in total. The Morgan fingerprint density at radius 3 is 2.90 bits per heavy atom. The molecule has 3 nitrogen and oxygen atoms in total. The van der Waals surface area contributed by atoms with Crippen LogP contribution in [0.5, 0.6) is 0 Å². The molecule has 1 amide bonds. The molecule has 0 atom stereocenters. The number of nitrogens with one attached hydrogen (secondary N) is 1. The van der Waals surface area contributed by atoms with Gasteiger partial charge in [-0.1, -0.05) is 23.8 Å². The highest BCUT2D eigenvalue weighted by Gasteiger charge is 2.12. The minimum Gasteiger partial charge on any atom is -0.321 e. The Hall–Kier alpha value is -2.20. The average molecular weight is 341 g/mol. The lowest BCUT2D eigenvalue weighted by Crippen LogP contribution is -2.13. The third-order valence-corrected chi connectivity index (χ3v) is 3.99. The smallest absolute Gasteiger partial charge is 0.256 e. The summed E-state index contributed by atoms with van der Waals surface area (Å²) in [6, 6.07) is 13.4. The lowest BCUT2D eigenvalue weighted by molar-refractivity contribution is 0.102. The summed E-state index contributed by atoms with van der Waals surface area (Å²) in [4.78, 5) is 16.6. The van der Waals surface area contributed by atoms with Crippen molar-refractivity contribution in [2.24, 2.45) is 0 Å². The second kappa shape index (κ2) is 5.66. The van der Waals surface area contributed by atoms with E-state index in [1.54, 1.807) is 12.4 Å². The van der Waals surface area contributed by atoms with Gasteiger partial charge < -0.3 is 5.32 Å². The molecule has 1 heterocycles. The van der Waals surface area contributed by atoms with E-state index in [2.05, 4.69) is 26.2 Å². The zero-order chi connectivity index (χ0) is 14.8. The summed E-state index contributed by atoms with van der Waals surface area (Å²) in [6.45, 7) is 1.96. The summed E-state index contributed by atoms with van der Waals surface area (Å²) in [5.74, 6) is -0.137. The Kier molecular flexibility index (Phi) is 3.71. The molecule has 4 heteroatoms. The predicted molar refractivity (Wildman–Crippen MR) is 88.6 cm³/mol. The highest BCUT2D eigenvalue weighted by atomic mass is 79.9. The molecule has 3 rings (SSSR count). The number of carbonyl (C=O) groups excluding carboxylic acids is 1. The number of aromatic nitrogens is 1. The molecule has 0 aliphatic rings. The first-order valence-electron chi connectivity index (χ1n) is 6.55. The van der Waals surface area contributed by atoms with Crippen molar-refractivity contribution in [2.45, 2.75) is 6.92 Å². The molecular weight excluding hydrogens is 328 g/mol. The number of benzene rings is 2. The van der Waals surface area contributed by atoms with Crippen molar-refractivity contribution < 1.29 is 4.79 Å². The van der Waals surface area contributed by atoms with Crippen molar-refractivity contribution in [2.75, 3.05) is 5.32 Å². The Labute approximate surface area is 131 Å². The van der Waals surface area contributed by atoms with Gasteiger partial charge in [0.25, 0.3) is 5.91 Å². The Balaban J connectivity index is 1.99. The van der Waals surface area contributed by atoms with Gasteiger partial charge in [-0.2, -0.15) is 0 Å². The number of anilines is 1. The summed E-state index contributed by atoms with van der Waals surface area (Å²) < 4.78 is 0.781. The number of rotatable bonds is 2. The Morgan fingerprint density at radius 2 is 2.05 bits per heavy atom. The predicted octanol–water partition coefficient (Wildman–Crippen LogP) is 4.56. The third-order valence-electron chi connectivity index (χ3n) is 3.30. The molecule has 1 aromatic heterocycles. The Bertz CT molecular complexity index is 825. The average Bonchev–Trinajstić information content (AvgIpc) is 2.50. The van der Waals surface area contributed by atoms with Crippen molar-refractivity contribution in [1.82, 2.24) is 4.98 Å². The van der Waals surface area contributed by atoms with Gasteiger partial charge in [0.15, 0.2) is 0 Å². The van der Waals surface area contributed by atoms with Gasteiger partial charge in [-0.05, 0) is 52.5 Å². The van der Waals surface area contributed by atoms with Crippen LogP contribution in [-0.4, -0.2) is 10.9 Å². The molecule has 0 spiro atoms. The number of hydrogen-bond acceptors (Lipinski definition) is 2. The van der Waals surface area contributed by atoms with Gasteiger partial charge in [0.1, 0.15) is 0 Å². The van der Waals surface area contributed by atoms with E-state index < -0.39 is 0 Å². The van der Waals surface area contributed by atoms with Gasteiger partial charge in [-0.3, -0.25) is 9.78 Å². The van der Waals surface area contributed by atoms with Crippen LogP contribution in [0.15, 0.2) is 59.3 Å². The van der Waals surface area contributed by atoms with Crippen LogP contribution in [0, 0.1) is 6.92 Å². The third kappa shape index (κ3) is 2.81. The molecule has 0 aliphatic heterocycles. The molecule has 2 aromatic carbocycles. The number of nitrogens with zero attached hydrogens (tertiary/aromatic N) is 1. The number of pyridine rings is 1. The first-order chi connectivity index (χ1) is 10.1. The van der Waals surface area contributed by atoms with Gasteiger partial charge in [-0.15, -0.1) is 0 Å². The van der Waals surface area contributed by atoms with Gasteiger partial charge >= 0.3 is 0 Å². The van der Waals surface area contributed by atoms with Crippen molar-refractivity contribution in [1.29, 1.82) is 0 Å². The van der Waals surface area contributed by atoms with Gasteiger partial charge in [0, 0.05) is 22.3 Å². The molecule has 3 aromatic rings. The molecule has 0 bridgehead atoms. The van der Waals surface area contributed by atoms with E-state index >= 15 is 0 Å². The summed E-state index contributed by atoms with van der Waals surface area (Å²) in [5, 5.41) is 4.94. The van der Waals surface area contributed by atoms with Crippen LogP contribution in [0.25, 0.3) is 10.8 Å². The van der Waals surface area contributed by atoms with E-state index in [0.717, 1.165) is 26.5 Å². The van der Waals surface area contributed by atoms with E-state index in [1.165, 1.54) is 0 Å². The molecule has 0 unspecified atom stereocenters. The van der Waals surface area contributed by atoms with E-state index in [0.29, 0.717) is 5.56 Å². The lowest BCUT2D eigenvalue weighted by Gasteiger charge is -2.10. The summed E-state index contributed by atoms with van der Waals surface area (Å²) in [6.07, 6.45) is 3.50. The fraction of sp³-hybridized carbons (Fsp3) is 0.0588. The summed E-state index contributed by atoms with van der Waals surface area (Å²) in [7, 11) is 0. The van der Waals surface area contributed by atoms with Gasteiger partial charge in [-0.25, -0.2) is 0 Å². The first-order valence-corrected chi connectivity index (χ1v) is 7.35. The van der Waals surface area contributed by atoms with E-state index in [4.69, 9.17) is 0 Å². The number of halogens is 1. The summed E-state index contributed by atoms with van der Waals surface area (Å²) in [5.41, 5.74) is 2.43. The number of fused-ring (bicyclic) bond motifs is 1. The van der Waals surface area contributed by atoms with Crippen molar-refractivity contribution in [3.05, 3.63) is 70.5 Å². The maximum Gasteiger partial charge on any atom is 0.256 e.